The number of nitrogens with zero attached hydrogens (tertiary/aromatic N) is 1. The average molecular weight is 393 g/mol. The van der Waals surface area contributed by atoms with Gasteiger partial charge in [0, 0.05) is 29.0 Å². The van der Waals surface area contributed by atoms with Gasteiger partial charge in [0.25, 0.3) is 0 Å². The molecule has 3 aromatic rings. The maximum Gasteiger partial charge on any atom is 0.354 e. The summed E-state index contributed by atoms with van der Waals surface area (Å²) in [5.41, 5.74) is 10.3. The molecule has 0 atom stereocenters. The lowest BCUT2D eigenvalue weighted by atomic mass is 10.2. The van der Waals surface area contributed by atoms with Crippen LogP contribution in [0.4, 0.5) is 0 Å². The minimum atomic E-state index is -1.24. The van der Waals surface area contributed by atoms with Crippen molar-refractivity contribution in [1.29, 1.82) is 0 Å². The van der Waals surface area contributed by atoms with E-state index in [2.05, 4.69) is 4.98 Å². The molecule has 0 aliphatic heterocycles. The molecule has 26 heavy (non-hydrogen) atoms. The molecule has 9 heteroatoms. The highest BCUT2D eigenvalue weighted by molar-refractivity contribution is 7.10. The summed E-state index contributed by atoms with van der Waals surface area (Å²) in [4.78, 5) is 26.6. The summed E-state index contributed by atoms with van der Waals surface area (Å²) in [6.07, 6.45) is 1.15. The third-order valence-corrected chi connectivity index (χ3v) is 4.59. The number of hydrogen-bond acceptors (Lipinski definition) is 7. The second-order valence-electron chi connectivity index (χ2n) is 4.61. The van der Waals surface area contributed by atoms with Crippen molar-refractivity contribution in [2.75, 3.05) is 0 Å². The van der Waals surface area contributed by atoms with Crippen LogP contribution in [0.3, 0.4) is 0 Å². The van der Waals surface area contributed by atoms with Crippen LogP contribution in [0.5, 0.6) is 0 Å². The number of pyridine rings is 1. The highest BCUT2D eigenvalue weighted by atomic mass is 32.1. The minimum Gasteiger partial charge on any atom is -0.478 e. The van der Waals surface area contributed by atoms with Crippen LogP contribution >= 0.6 is 22.7 Å². The predicted octanol–water partition coefficient (Wildman–Crippen LogP) is 2.89. The van der Waals surface area contributed by atoms with Gasteiger partial charge in [0.1, 0.15) is 5.69 Å². The van der Waals surface area contributed by atoms with Crippen LogP contribution in [0, 0.1) is 0 Å². The van der Waals surface area contributed by atoms with E-state index in [0.29, 0.717) is 13.1 Å². The molecule has 3 aromatic heterocycles. The first-order valence-corrected chi connectivity index (χ1v) is 9.11. The molecule has 0 aliphatic carbocycles. The topological polar surface area (TPSA) is 140 Å². The van der Waals surface area contributed by atoms with E-state index >= 15 is 0 Å². The Morgan fingerprint density at radius 1 is 0.923 bits per heavy atom. The van der Waals surface area contributed by atoms with Crippen molar-refractivity contribution >= 4 is 34.6 Å². The van der Waals surface area contributed by atoms with Crippen molar-refractivity contribution in [2.45, 2.75) is 13.1 Å². The fourth-order valence-electron chi connectivity index (χ4n) is 1.54. The normalized spacial score (nSPS) is 9.31. The molecule has 0 fully saturated rings. The highest BCUT2D eigenvalue weighted by Gasteiger charge is 2.08. The molecule has 0 unspecified atom stereocenters. The lowest BCUT2D eigenvalue weighted by molar-refractivity contribution is 0.0690. The Labute approximate surface area is 158 Å². The summed E-state index contributed by atoms with van der Waals surface area (Å²) in [5, 5.41) is 21.0. The highest BCUT2D eigenvalue weighted by Crippen LogP contribution is 2.06. The zero-order valence-electron chi connectivity index (χ0n) is 13.7. The molecular formula is C17H19N3O4S2. The summed E-state index contributed by atoms with van der Waals surface area (Å²) in [6.45, 7) is 1.36. The maximum absolute atomic E-state index is 10.4. The largest absolute Gasteiger partial charge is 0.478 e. The summed E-state index contributed by atoms with van der Waals surface area (Å²) in [6, 6.07) is 10.3. The number of aromatic carboxylic acids is 2. The number of nitrogens with two attached hydrogens (primary N) is 2. The Bertz CT molecular complexity index is 727. The van der Waals surface area contributed by atoms with E-state index in [0.717, 1.165) is 12.3 Å². The van der Waals surface area contributed by atoms with Crippen molar-refractivity contribution < 1.29 is 19.8 Å². The van der Waals surface area contributed by atoms with Gasteiger partial charge in [-0.3, -0.25) is 0 Å². The average Bonchev–Trinajstić information content (AvgIpc) is 3.36. The van der Waals surface area contributed by atoms with Gasteiger partial charge < -0.3 is 21.7 Å². The minimum absolute atomic E-state index is 0.0811. The van der Waals surface area contributed by atoms with Crippen molar-refractivity contribution in [3.05, 3.63) is 74.4 Å². The molecule has 3 heterocycles. The molecule has 0 saturated heterocycles. The third-order valence-electron chi connectivity index (χ3n) is 2.79. The Morgan fingerprint density at radius 3 is 1.77 bits per heavy atom. The van der Waals surface area contributed by atoms with Gasteiger partial charge in [-0.1, -0.05) is 12.1 Å². The van der Waals surface area contributed by atoms with E-state index < -0.39 is 11.9 Å². The summed E-state index contributed by atoms with van der Waals surface area (Å²) in [5.74, 6) is -2.40. The number of thiophene rings is 2. The molecule has 138 valence electrons. The number of carbonyl (C=O) groups is 2. The zero-order valence-corrected chi connectivity index (χ0v) is 15.4. The van der Waals surface area contributed by atoms with Crippen LogP contribution < -0.4 is 11.5 Å². The fourth-order valence-corrected chi connectivity index (χ4v) is 2.71. The van der Waals surface area contributed by atoms with Crippen LogP contribution in [-0.2, 0) is 13.1 Å². The van der Waals surface area contributed by atoms with E-state index in [1.807, 2.05) is 35.0 Å². The van der Waals surface area contributed by atoms with Crippen LogP contribution in [0.25, 0.3) is 0 Å². The Balaban J connectivity index is 0.000000207. The number of carboxylic acid groups (broad SMARTS) is 2. The second kappa shape index (κ2) is 11.9. The van der Waals surface area contributed by atoms with Crippen molar-refractivity contribution in [2.24, 2.45) is 11.5 Å². The molecule has 0 aliphatic rings. The van der Waals surface area contributed by atoms with E-state index in [1.54, 1.807) is 22.7 Å². The molecule has 0 bridgehead atoms. The molecule has 0 saturated carbocycles. The maximum atomic E-state index is 10.4. The Kier molecular flexibility index (Phi) is 9.80. The van der Waals surface area contributed by atoms with Crippen molar-refractivity contribution in [3.8, 4) is 0 Å². The van der Waals surface area contributed by atoms with Crippen LogP contribution in [-0.4, -0.2) is 27.1 Å². The first-order chi connectivity index (χ1) is 12.5. The summed E-state index contributed by atoms with van der Waals surface area (Å²) in [7, 11) is 0. The lowest BCUT2D eigenvalue weighted by Gasteiger charge is -1.94. The van der Waals surface area contributed by atoms with Crippen LogP contribution in [0.15, 0.2) is 53.4 Å². The van der Waals surface area contributed by atoms with Crippen LogP contribution in [0.2, 0.25) is 0 Å². The first-order valence-electron chi connectivity index (χ1n) is 7.35. The predicted molar refractivity (Wildman–Crippen MR) is 103 cm³/mol. The summed E-state index contributed by atoms with van der Waals surface area (Å²) < 4.78 is 0. The molecule has 0 spiro atoms. The Morgan fingerprint density at radius 2 is 1.46 bits per heavy atom. The zero-order chi connectivity index (χ0) is 19.4. The monoisotopic (exact) mass is 393 g/mol. The molecule has 0 aromatic carbocycles. The van der Waals surface area contributed by atoms with Gasteiger partial charge in [0.15, 0.2) is 0 Å². The van der Waals surface area contributed by atoms with Gasteiger partial charge >= 0.3 is 11.9 Å². The smallest absolute Gasteiger partial charge is 0.354 e. The molecule has 0 amide bonds. The van der Waals surface area contributed by atoms with Crippen molar-refractivity contribution in [1.82, 2.24) is 4.98 Å². The number of hydrogen-bond donors (Lipinski definition) is 4. The van der Waals surface area contributed by atoms with E-state index in [4.69, 9.17) is 21.7 Å². The van der Waals surface area contributed by atoms with Gasteiger partial charge in [0.2, 0.25) is 0 Å². The van der Waals surface area contributed by atoms with E-state index in [9.17, 15) is 9.59 Å². The lowest BCUT2D eigenvalue weighted by Crippen LogP contribution is -2.03. The Hall–Kier alpha value is -2.59. The molecule has 3 rings (SSSR count). The SMILES string of the molecule is NCc1cccs1.NCc1cccs1.O=C(O)c1ccnc(C(=O)O)c1. The number of carboxylic acids is 2. The quantitative estimate of drug-likeness (QED) is 0.534. The van der Waals surface area contributed by atoms with Gasteiger partial charge in [-0.15, -0.1) is 22.7 Å². The van der Waals surface area contributed by atoms with Gasteiger partial charge in [-0.05, 0) is 35.0 Å². The third kappa shape index (κ3) is 7.99. The van der Waals surface area contributed by atoms with E-state index in [1.165, 1.54) is 15.8 Å². The molecule has 7 nitrogen and oxygen atoms in total. The number of aromatic nitrogens is 1. The molecule has 0 radical (unpaired) electrons. The standard InChI is InChI=1S/C7H5NO4.2C5H7NS/c9-6(10)4-1-2-8-5(3-4)7(11)12;2*6-4-5-2-1-3-7-5/h1-3H,(H,9,10)(H,11,12);2*1-3H,4,6H2. The van der Waals surface area contributed by atoms with Gasteiger partial charge in [-0.2, -0.15) is 0 Å². The van der Waals surface area contributed by atoms with E-state index in [-0.39, 0.29) is 11.3 Å². The molecular weight excluding hydrogens is 374 g/mol. The molecule has 6 N–H and O–H groups in total. The summed E-state index contributed by atoms with van der Waals surface area (Å²) >= 11 is 3.40. The first kappa shape index (κ1) is 21.5. The fraction of sp³-hybridized carbons (Fsp3) is 0.118. The van der Waals surface area contributed by atoms with Gasteiger partial charge in [-0.25, -0.2) is 14.6 Å². The second-order valence-corrected chi connectivity index (χ2v) is 6.67. The van der Waals surface area contributed by atoms with Gasteiger partial charge in [0.05, 0.1) is 5.56 Å². The number of rotatable bonds is 4. The van der Waals surface area contributed by atoms with Crippen molar-refractivity contribution in [3.63, 3.8) is 0 Å². The van der Waals surface area contributed by atoms with Crippen LogP contribution in [0.1, 0.15) is 30.6 Å².